The number of aromatic nitrogens is 2. The topological polar surface area (TPSA) is 37.8 Å². The van der Waals surface area contributed by atoms with Crippen LogP contribution in [-0.4, -0.2) is 9.97 Å². The summed E-state index contributed by atoms with van der Waals surface area (Å²) in [6.45, 7) is 0. The third-order valence-corrected chi connectivity index (χ3v) is 2.11. The van der Waals surface area contributed by atoms with Crippen LogP contribution < -0.4 is 5.32 Å². The van der Waals surface area contributed by atoms with E-state index in [2.05, 4.69) is 15.3 Å². The van der Waals surface area contributed by atoms with Gasteiger partial charge in [0.15, 0.2) is 0 Å². The van der Waals surface area contributed by atoms with Crippen LogP contribution in [0.2, 0.25) is 5.28 Å². The van der Waals surface area contributed by atoms with Crippen molar-refractivity contribution in [1.82, 2.24) is 9.97 Å². The van der Waals surface area contributed by atoms with Crippen LogP contribution >= 0.6 is 11.6 Å². The van der Waals surface area contributed by atoms with E-state index in [0.29, 0.717) is 5.82 Å². The highest BCUT2D eigenvalue weighted by Gasteiger charge is 1.92. The van der Waals surface area contributed by atoms with Gasteiger partial charge < -0.3 is 5.32 Å². The molecule has 0 aliphatic heterocycles. The van der Waals surface area contributed by atoms with Crippen LogP contribution in [0.5, 0.6) is 0 Å². The second kappa shape index (κ2) is 5.28. The van der Waals surface area contributed by atoms with E-state index in [9.17, 15) is 0 Å². The molecule has 2 aromatic rings. The molecular weight excluding hydrogens is 222 g/mol. The first kappa shape index (κ1) is 10.6. The van der Waals surface area contributed by atoms with Crippen LogP contribution in [-0.2, 0) is 0 Å². The lowest BCUT2D eigenvalue weighted by atomic mass is 10.2. The summed E-state index contributed by atoms with van der Waals surface area (Å²) in [5.41, 5.74) is 1.12. The van der Waals surface area contributed by atoms with Crippen molar-refractivity contribution in [3.8, 4) is 0 Å². The summed E-state index contributed by atoms with van der Waals surface area (Å²) >= 11 is 5.65. The Kier molecular flexibility index (Phi) is 3.51. The Morgan fingerprint density at radius 2 is 1.94 bits per heavy atom. The Hall–Kier alpha value is -1.87. The maximum atomic E-state index is 5.65. The number of nitrogens with one attached hydrogen (secondary N) is 1. The van der Waals surface area contributed by atoms with E-state index in [1.54, 1.807) is 12.3 Å². The molecule has 0 saturated carbocycles. The van der Waals surface area contributed by atoms with E-state index in [-0.39, 0.29) is 5.28 Å². The van der Waals surface area contributed by atoms with Crippen molar-refractivity contribution in [3.05, 3.63) is 59.6 Å². The Labute approximate surface area is 98.8 Å². The van der Waals surface area contributed by atoms with Crippen LogP contribution in [0.4, 0.5) is 5.82 Å². The van der Waals surface area contributed by atoms with Crippen molar-refractivity contribution in [3.63, 3.8) is 0 Å². The number of halogens is 1. The van der Waals surface area contributed by atoms with E-state index in [0.717, 1.165) is 5.56 Å². The first-order chi connectivity index (χ1) is 7.84. The SMILES string of the molecule is Clc1nccc(NC=Cc2ccccc2)n1. The number of benzene rings is 1. The fourth-order valence-electron chi connectivity index (χ4n) is 1.20. The first-order valence-electron chi connectivity index (χ1n) is 4.81. The molecule has 1 aromatic carbocycles. The van der Waals surface area contributed by atoms with Gasteiger partial charge in [-0.25, -0.2) is 9.97 Å². The zero-order valence-electron chi connectivity index (χ0n) is 8.47. The van der Waals surface area contributed by atoms with Crippen LogP contribution in [0.15, 0.2) is 48.8 Å². The molecule has 0 fully saturated rings. The van der Waals surface area contributed by atoms with E-state index in [4.69, 9.17) is 11.6 Å². The molecule has 0 unspecified atom stereocenters. The van der Waals surface area contributed by atoms with Gasteiger partial charge in [-0.3, -0.25) is 0 Å². The predicted molar refractivity (Wildman–Crippen MR) is 66.1 cm³/mol. The van der Waals surface area contributed by atoms with E-state index < -0.39 is 0 Å². The summed E-state index contributed by atoms with van der Waals surface area (Å²) in [4.78, 5) is 7.79. The molecule has 3 nitrogen and oxygen atoms in total. The molecule has 0 radical (unpaired) electrons. The molecule has 0 atom stereocenters. The number of nitrogens with zero attached hydrogens (tertiary/aromatic N) is 2. The van der Waals surface area contributed by atoms with E-state index in [1.165, 1.54) is 0 Å². The Morgan fingerprint density at radius 1 is 1.12 bits per heavy atom. The van der Waals surface area contributed by atoms with Crippen molar-refractivity contribution in [2.24, 2.45) is 0 Å². The zero-order chi connectivity index (χ0) is 11.2. The molecular formula is C12H10ClN3. The average Bonchev–Trinajstić information content (AvgIpc) is 2.30. The molecule has 16 heavy (non-hydrogen) atoms. The fourth-order valence-corrected chi connectivity index (χ4v) is 1.35. The second-order valence-electron chi connectivity index (χ2n) is 3.10. The molecule has 0 aliphatic carbocycles. The molecule has 1 aromatic heterocycles. The van der Waals surface area contributed by atoms with Gasteiger partial charge in [0.25, 0.3) is 0 Å². The van der Waals surface area contributed by atoms with Crippen LogP contribution in [0, 0.1) is 0 Å². The number of anilines is 1. The largest absolute Gasteiger partial charge is 0.347 e. The summed E-state index contributed by atoms with van der Waals surface area (Å²) in [5, 5.41) is 3.25. The molecule has 2 rings (SSSR count). The maximum Gasteiger partial charge on any atom is 0.224 e. The molecule has 0 saturated heterocycles. The third-order valence-electron chi connectivity index (χ3n) is 1.93. The zero-order valence-corrected chi connectivity index (χ0v) is 9.22. The normalized spacial score (nSPS) is 10.6. The summed E-state index contributed by atoms with van der Waals surface area (Å²) in [6.07, 6.45) is 5.37. The minimum absolute atomic E-state index is 0.234. The standard InChI is InChI=1S/C12H10ClN3/c13-12-15-9-7-11(16-12)14-8-6-10-4-2-1-3-5-10/h1-9H,(H,14,15,16). The van der Waals surface area contributed by atoms with Crippen LogP contribution in [0.1, 0.15) is 5.56 Å². The lowest BCUT2D eigenvalue weighted by Crippen LogP contribution is -1.92. The lowest BCUT2D eigenvalue weighted by Gasteiger charge is -1.98. The summed E-state index contributed by atoms with van der Waals surface area (Å²) in [6, 6.07) is 11.7. The minimum Gasteiger partial charge on any atom is -0.347 e. The van der Waals surface area contributed by atoms with Crippen molar-refractivity contribution in [1.29, 1.82) is 0 Å². The molecule has 1 N–H and O–H groups in total. The van der Waals surface area contributed by atoms with Gasteiger partial charge in [-0.1, -0.05) is 30.3 Å². The molecule has 1 heterocycles. The van der Waals surface area contributed by atoms with Crippen molar-refractivity contribution >= 4 is 23.5 Å². The quantitative estimate of drug-likeness (QED) is 0.825. The van der Waals surface area contributed by atoms with Gasteiger partial charge >= 0.3 is 0 Å². The number of hydrogen-bond acceptors (Lipinski definition) is 3. The highest BCUT2D eigenvalue weighted by atomic mass is 35.5. The van der Waals surface area contributed by atoms with Crippen LogP contribution in [0.25, 0.3) is 6.08 Å². The molecule has 80 valence electrons. The monoisotopic (exact) mass is 231 g/mol. The summed E-state index contributed by atoms with van der Waals surface area (Å²) in [5.74, 6) is 0.673. The molecule has 0 aliphatic rings. The average molecular weight is 232 g/mol. The van der Waals surface area contributed by atoms with Crippen molar-refractivity contribution in [2.75, 3.05) is 5.32 Å². The number of rotatable bonds is 3. The van der Waals surface area contributed by atoms with Crippen molar-refractivity contribution < 1.29 is 0 Å². The third kappa shape index (κ3) is 3.07. The van der Waals surface area contributed by atoms with Gasteiger partial charge in [-0.05, 0) is 29.3 Å². The molecule has 0 bridgehead atoms. The smallest absolute Gasteiger partial charge is 0.224 e. The summed E-state index contributed by atoms with van der Waals surface area (Å²) < 4.78 is 0. The Bertz CT molecular complexity index is 483. The summed E-state index contributed by atoms with van der Waals surface area (Å²) in [7, 11) is 0. The fraction of sp³-hybridized carbons (Fsp3) is 0. The van der Waals surface area contributed by atoms with Crippen molar-refractivity contribution in [2.45, 2.75) is 0 Å². The molecule has 4 heteroatoms. The van der Waals surface area contributed by atoms with Gasteiger partial charge in [0.2, 0.25) is 5.28 Å². The van der Waals surface area contributed by atoms with Crippen LogP contribution in [0.3, 0.4) is 0 Å². The lowest BCUT2D eigenvalue weighted by molar-refractivity contribution is 1.17. The number of hydrogen-bond donors (Lipinski definition) is 1. The molecule has 0 amide bonds. The minimum atomic E-state index is 0.234. The Morgan fingerprint density at radius 3 is 2.69 bits per heavy atom. The highest BCUT2D eigenvalue weighted by Crippen LogP contribution is 2.06. The van der Waals surface area contributed by atoms with Gasteiger partial charge in [0.1, 0.15) is 5.82 Å². The Balaban J connectivity index is 2.00. The van der Waals surface area contributed by atoms with E-state index in [1.807, 2.05) is 42.6 Å². The maximum absolute atomic E-state index is 5.65. The second-order valence-corrected chi connectivity index (χ2v) is 3.44. The highest BCUT2D eigenvalue weighted by molar-refractivity contribution is 6.28. The van der Waals surface area contributed by atoms with Gasteiger partial charge in [-0.2, -0.15) is 0 Å². The predicted octanol–water partition coefficient (Wildman–Crippen LogP) is 3.21. The van der Waals surface area contributed by atoms with E-state index >= 15 is 0 Å². The molecule has 0 spiro atoms. The van der Waals surface area contributed by atoms with Gasteiger partial charge in [0, 0.05) is 12.4 Å². The first-order valence-corrected chi connectivity index (χ1v) is 5.19. The van der Waals surface area contributed by atoms with Gasteiger partial charge in [-0.15, -0.1) is 0 Å². The van der Waals surface area contributed by atoms with Gasteiger partial charge in [0.05, 0.1) is 0 Å².